The van der Waals surface area contributed by atoms with Crippen molar-refractivity contribution in [3.05, 3.63) is 43.0 Å². The maximum absolute atomic E-state index is 11.8. The van der Waals surface area contributed by atoms with E-state index in [1.165, 1.54) is 0 Å². The minimum Gasteiger partial charge on any atom is -0.426 e. The van der Waals surface area contributed by atoms with E-state index in [2.05, 4.69) is 6.58 Å². The quantitative estimate of drug-likeness (QED) is 0.354. The number of hydrogen-bond acceptors (Lipinski definition) is 6. The summed E-state index contributed by atoms with van der Waals surface area (Å²) in [6.07, 6.45) is -0.0292. The van der Waals surface area contributed by atoms with Crippen LogP contribution in [0.15, 0.2) is 43.0 Å². The molecule has 0 N–H and O–H groups in total. The zero-order valence-electron chi connectivity index (χ0n) is 13.8. The van der Waals surface area contributed by atoms with Crippen molar-refractivity contribution in [2.75, 3.05) is 19.8 Å². The second kappa shape index (κ2) is 9.99. The molecule has 1 rings (SSSR count). The van der Waals surface area contributed by atoms with Crippen LogP contribution in [0, 0.1) is 0 Å². The third-order valence-electron chi connectivity index (χ3n) is 2.68. The maximum Gasteiger partial charge on any atom is 0.428 e. The third kappa shape index (κ3) is 5.67. The molecule has 0 aliphatic carbocycles. The largest absolute Gasteiger partial charge is 0.428 e. The first-order chi connectivity index (χ1) is 11.1. The molecule has 0 spiro atoms. The molecule has 0 amide bonds. The molecule has 0 heterocycles. The second-order valence-electron chi connectivity index (χ2n) is 4.32. The molecular formula is C17H24O6. The van der Waals surface area contributed by atoms with Gasteiger partial charge in [0.05, 0.1) is 6.61 Å². The molecular weight excluding hydrogens is 300 g/mol. The summed E-state index contributed by atoms with van der Waals surface area (Å²) in [5.41, 5.74) is 0. The number of ether oxygens (including phenoxy) is 5. The van der Waals surface area contributed by atoms with Gasteiger partial charge in [0, 0.05) is 19.3 Å². The molecule has 1 unspecified atom stereocenters. The van der Waals surface area contributed by atoms with Gasteiger partial charge in [0.25, 0.3) is 6.29 Å². The third-order valence-corrected chi connectivity index (χ3v) is 2.68. The Morgan fingerprint density at radius 3 is 2.22 bits per heavy atom. The van der Waals surface area contributed by atoms with Gasteiger partial charge in [-0.05, 0) is 32.9 Å². The van der Waals surface area contributed by atoms with E-state index in [0.717, 1.165) is 6.08 Å². The van der Waals surface area contributed by atoms with Gasteiger partial charge in [-0.15, -0.1) is 0 Å². The lowest BCUT2D eigenvalue weighted by Gasteiger charge is -2.37. The molecule has 0 radical (unpaired) electrons. The van der Waals surface area contributed by atoms with Gasteiger partial charge in [-0.2, -0.15) is 0 Å². The summed E-state index contributed by atoms with van der Waals surface area (Å²) < 4.78 is 27.8. The molecule has 1 atom stereocenters. The number of hydrogen-bond donors (Lipinski definition) is 0. The van der Waals surface area contributed by atoms with Crippen molar-refractivity contribution in [2.24, 2.45) is 0 Å². The van der Waals surface area contributed by atoms with Crippen LogP contribution in [-0.2, 0) is 23.7 Å². The average molecular weight is 324 g/mol. The van der Waals surface area contributed by atoms with Gasteiger partial charge in [0.15, 0.2) is 0 Å². The Kier molecular flexibility index (Phi) is 8.32. The van der Waals surface area contributed by atoms with Crippen molar-refractivity contribution in [3.63, 3.8) is 0 Å². The summed E-state index contributed by atoms with van der Waals surface area (Å²) >= 11 is 0. The predicted molar refractivity (Wildman–Crippen MR) is 84.8 cm³/mol. The lowest BCUT2D eigenvalue weighted by Crippen LogP contribution is -2.55. The minimum atomic E-state index is -1.87. The van der Waals surface area contributed by atoms with Crippen LogP contribution in [0.3, 0.4) is 0 Å². The number of esters is 1. The number of rotatable bonds is 11. The number of carbonyl (C=O) groups excluding carboxylic acids is 1. The molecule has 0 saturated carbocycles. The van der Waals surface area contributed by atoms with Crippen molar-refractivity contribution in [1.82, 2.24) is 0 Å². The van der Waals surface area contributed by atoms with Gasteiger partial charge < -0.3 is 23.7 Å². The highest BCUT2D eigenvalue weighted by Crippen LogP contribution is 2.27. The fourth-order valence-corrected chi connectivity index (χ4v) is 1.83. The monoisotopic (exact) mass is 324 g/mol. The average Bonchev–Trinajstić information content (AvgIpc) is 2.55. The second-order valence-corrected chi connectivity index (χ2v) is 4.32. The molecule has 0 aromatic heterocycles. The van der Waals surface area contributed by atoms with Crippen molar-refractivity contribution in [2.45, 2.75) is 33.0 Å². The lowest BCUT2D eigenvalue weighted by atomic mass is 10.3. The van der Waals surface area contributed by atoms with Crippen molar-refractivity contribution in [1.29, 1.82) is 0 Å². The molecule has 1 aromatic rings. The normalized spacial score (nSPS) is 13.4. The zero-order valence-corrected chi connectivity index (χ0v) is 13.8. The Morgan fingerprint density at radius 1 is 1.13 bits per heavy atom. The van der Waals surface area contributed by atoms with Crippen LogP contribution in [0.4, 0.5) is 0 Å². The number of carbonyl (C=O) groups is 1. The van der Waals surface area contributed by atoms with Crippen molar-refractivity contribution < 1.29 is 28.5 Å². The molecule has 0 saturated heterocycles. The SMILES string of the molecule is C=CC(=O)OC(OCC)(Oc1ccccc1)C(OCC)OCC. The summed E-state index contributed by atoms with van der Waals surface area (Å²) in [6.45, 7) is 9.59. The Morgan fingerprint density at radius 2 is 1.74 bits per heavy atom. The Bertz CT molecular complexity index is 469. The van der Waals surface area contributed by atoms with E-state index >= 15 is 0 Å². The standard InChI is InChI=1S/C17H24O6/c1-5-15(18)23-17(21-8-4,16(19-6-2)20-7-3)22-14-12-10-9-11-13-14/h5,9-13,16H,1,6-8H2,2-4H3. The topological polar surface area (TPSA) is 63.2 Å². The summed E-state index contributed by atoms with van der Waals surface area (Å²) in [6, 6.07) is 8.85. The predicted octanol–water partition coefficient (Wildman–Crippen LogP) is 2.88. The lowest BCUT2D eigenvalue weighted by molar-refractivity contribution is -0.411. The Labute approximate surface area is 136 Å². The van der Waals surface area contributed by atoms with Crippen molar-refractivity contribution in [3.8, 4) is 5.75 Å². The van der Waals surface area contributed by atoms with Crippen LogP contribution >= 0.6 is 0 Å². The van der Waals surface area contributed by atoms with Gasteiger partial charge in [0.2, 0.25) is 0 Å². The molecule has 23 heavy (non-hydrogen) atoms. The number of para-hydroxylation sites is 1. The smallest absolute Gasteiger partial charge is 0.426 e. The van der Waals surface area contributed by atoms with E-state index in [-0.39, 0.29) is 6.61 Å². The summed E-state index contributed by atoms with van der Waals surface area (Å²) in [4.78, 5) is 11.8. The summed E-state index contributed by atoms with van der Waals surface area (Å²) in [5, 5.41) is 0. The molecule has 128 valence electrons. The van der Waals surface area contributed by atoms with Gasteiger partial charge in [-0.3, -0.25) is 0 Å². The molecule has 0 bridgehead atoms. The van der Waals surface area contributed by atoms with E-state index in [1.807, 2.05) is 6.07 Å². The van der Waals surface area contributed by atoms with Crippen LogP contribution in [0.1, 0.15) is 20.8 Å². The number of benzene rings is 1. The van der Waals surface area contributed by atoms with Crippen LogP contribution in [0.25, 0.3) is 0 Å². The van der Waals surface area contributed by atoms with Gasteiger partial charge >= 0.3 is 11.9 Å². The molecule has 1 aromatic carbocycles. The first kappa shape index (κ1) is 19.2. The first-order valence-corrected chi connectivity index (χ1v) is 7.58. The van der Waals surface area contributed by atoms with Gasteiger partial charge in [0.1, 0.15) is 5.75 Å². The summed E-state index contributed by atoms with van der Waals surface area (Å²) in [7, 11) is 0. The van der Waals surface area contributed by atoms with Crippen LogP contribution in [0.5, 0.6) is 5.75 Å². The Balaban J connectivity index is 3.20. The fourth-order valence-electron chi connectivity index (χ4n) is 1.83. The van der Waals surface area contributed by atoms with E-state index < -0.39 is 18.2 Å². The summed E-state index contributed by atoms with van der Waals surface area (Å²) in [5.74, 6) is -2.13. The van der Waals surface area contributed by atoms with Gasteiger partial charge in [-0.25, -0.2) is 4.79 Å². The highest BCUT2D eigenvalue weighted by atomic mass is 16.9. The molecule has 6 heteroatoms. The van der Waals surface area contributed by atoms with E-state index in [9.17, 15) is 4.79 Å². The van der Waals surface area contributed by atoms with Crippen LogP contribution in [-0.4, -0.2) is 38.1 Å². The minimum absolute atomic E-state index is 0.216. The van der Waals surface area contributed by atoms with Crippen LogP contribution < -0.4 is 4.74 Å². The van der Waals surface area contributed by atoms with Gasteiger partial charge in [-0.1, -0.05) is 24.8 Å². The molecule has 0 aliphatic rings. The van der Waals surface area contributed by atoms with E-state index in [4.69, 9.17) is 23.7 Å². The first-order valence-electron chi connectivity index (χ1n) is 7.58. The zero-order chi connectivity index (χ0) is 17.1. The molecule has 6 nitrogen and oxygen atoms in total. The van der Waals surface area contributed by atoms with Crippen molar-refractivity contribution >= 4 is 5.97 Å². The maximum atomic E-state index is 11.8. The molecule has 0 aliphatic heterocycles. The molecule has 0 fully saturated rings. The van der Waals surface area contributed by atoms with E-state index in [1.54, 1.807) is 45.0 Å². The Hall–Kier alpha value is -1.89. The van der Waals surface area contributed by atoms with E-state index in [0.29, 0.717) is 19.0 Å². The fraction of sp³-hybridized carbons (Fsp3) is 0.471. The highest BCUT2D eigenvalue weighted by molar-refractivity contribution is 5.81. The van der Waals surface area contributed by atoms with Crippen LogP contribution in [0.2, 0.25) is 0 Å². The highest BCUT2D eigenvalue weighted by Gasteiger charge is 2.49.